The number of imide groups is 1. The van der Waals surface area contributed by atoms with Gasteiger partial charge in [-0.05, 0) is 111 Å². The van der Waals surface area contributed by atoms with E-state index in [-0.39, 0.29) is 35.3 Å². The lowest BCUT2D eigenvalue weighted by molar-refractivity contribution is -0.403. The molecule has 2 amide bonds. The molecule has 6 heterocycles. The molecule has 5 aromatic rings. The molecule has 63 heavy (non-hydrogen) atoms. The Morgan fingerprint density at radius 2 is 1.54 bits per heavy atom. The third kappa shape index (κ3) is 8.72. The molecular formula is C47H56N10O6. The Kier molecular flexibility index (Phi) is 11.9. The van der Waals surface area contributed by atoms with E-state index < -0.39 is 6.10 Å². The molecule has 2 unspecified atom stereocenters. The molecule has 0 spiro atoms. The number of amides is 2. The van der Waals surface area contributed by atoms with E-state index in [2.05, 4.69) is 57.1 Å². The fourth-order valence-electron chi connectivity index (χ4n) is 10.1. The molecule has 3 aromatic heterocycles. The van der Waals surface area contributed by atoms with Gasteiger partial charge in [0.2, 0.25) is 17.8 Å². The molecule has 3 fully saturated rings. The minimum absolute atomic E-state index is 0.164. The topological polar surface area (TPSA) is 194 Å². The van der Waals surface area contributed by atoms with Crippen LogP contribution in [-0.2, 0) is 22.6 Å². The summed E-state index contributed by atoms with van der Waals surface area (Å²) in [5, 5.41) is 37.7. The minimum Gasteiger partial charge on any atom is -0.372 e. The number of anilines is 4. The summed E-state index contributed by atoms with van der Waals surface area (Å²) in [5.41, 5.74) is 6.38. The van der Waals surface area contributed by atoms with Crippen molar-refractivity contribution in [1.82, 2.24) is 34.5 Å². The molecule has 5 N–H and O–H groups in total. The average Bonchev–Trinajstić information content (AvgIpc) is 3.82. The van der Waals surface area contributed by atoms with Crippen LogP contribution in [0.1, 0.15) is 86.9 Å². The molecule has 16 nitrogen and oxygen atoms in total. The van der Waals surface area contributed by atoms with Gasteiger partial charge in [0.25, 0.3) is 5.56 Å². The lowest BCUT2D eigenvalue weighted by atomic mass is 9.90. The predicted molar refractivity (Wildman–Crippen MR) is 240 cm³/mol. The van der Waals surface area contributed by atoms with Gasteiger partial charge >= 0.3 is 6.10 Å². The summed E-state index contributed by atoms with van der Waals surface area (Å²) in [6, 6.07) is 19.8. The van der Waals surface area contributed by atoms with E-state index in [0.717, 1.165) is 73.5 Å². The Morgan fingerprint density at radius 3 is 2.19 bits per heavy atom. The van der Waals surface area contributed by atoms with Crippen LogP contribution in [-0.4, -0.2) is 101 Å². The van der Waals surface area contributed by atoms with Gasteiger partial charge in [-0.3, -0.25) is 19.7 Å². The number of aliphatic hydroxyl groups is 3. The van der Waals surface area contributed by atoms with Gasteiger partial charge in [0.05, 0.1) is 12.5 Å². The van der Waals surface area contributed by atoms with Gasteiger partial charge in [-0.15, -0.1) is 6.58 Å². The molecule has 330 valence electrons. The smallest absolute Gasteiger partial charge is 0.346 e. The second kappa shape index (κ2) is 17.7. The predicted octanol–water partition coefficient (Wildman–Crippen LogP) is 4.64. The minimum atomic E-state index is -2.92. The summed E-state index contributed by atoms with van der Waals surface area (Å²) in [6.07, 6.45) is 7.21. The SMILES string of the molecule is C=CCn1c(=O)c2cnc(Nc3ccc(N4CCC(CN(C5CCN(c6ccc(C7CCC(=O)NC7=O)cc6)CC5)C(O)(O)O)CC4)cc3)nc2n1-c1ccc2c(n1)C(CC)CC2. The number of pyridine rings is 1. The van der Waals surface area contributed by atoms with Crippen LogP contribution in [0.4, 0.5) is 23.0 Å². The van der Waals surface area contributed by atoms with Gasteiger partial charge in [-0.1, -0.05) is 31.2 Å². The van der Waals surface area contributed by atoms with Gasteiger partial charge in [-0.25, -0.2) is 24.2 Å². The summed E-state index contributed by atoms with van der Waals surface area (Å²) < 4.78 is 3.38. The van der Waals surface area contributed by atoms with E-state index in [1.807, 2.05) is 42.5 Å². The number of nitrogens with one attached hydrogen (secondary N) is 2. The number of hydrogen-bond donors (Lipinski definition) is 5. The van der Waals surface area contributed by atoms with Crippen molar-refractivity contribution in [3.05, 3.63) is 107 Å². The third-order valence-electron chi connectivity index (χ3n) is 13.6. The molecule has 3 aliphatic heterocycles. The van der Waals surface area contributed by atoms with Crippen molar-refractivity contribution in [2.45, 2.75) is 95.2 Å². The molecule has 9 rings (SSSR count). The maximum absolute atomic E-state index is 13.5. The number of allylic oxidation sites excluding steroid dienone is 1. The first-order valence-corrected chi connectivity index (χ1v) is 22.3. The third-order valence-corrected chi connectivity index (χ3v) is 13.6. The highest BCUT2D eigenvalue weighted by Gasteiger charge is 2.39. The zero-order chi connectivity index (χ0) is 43.8. The quantitative estimate of drug-likeness (QED) is 0.0626. The van der Waals surface area contributed by atoms with Gasteiger partial charge < -0.3 is 30.4 Å². The molecule has 3 saturated heterocycles. The van der Waals surface area contributed by atoms with Crippen LogP contribution in [0, 0.1) is 5.92 Å². The van der Waals surface area contributed by atoms with Crippen LogP contribution < -0.4 is 26.0 Å². The fourth-order valence-corrected chi connectivity index (χ4v) is 10.1. The summed E-state index contributed by atoms with van der Waals surface area (Å²) >= 11 is 0. The van der Waals surface area contributed by atoms with Gasteiger partial charge in [0, 0.05) is 80.1 Å². The largest absolute Gasteiger partial charge is 0.372 e. The number of rotatable bonds is 13. The monoisotopic (exact) mass is 856 g/mol. The Labute approximate surface area is 365 Å². The second-order valence-electron chi connectivity index (χ2n) is 17.4. The van der Waals surface area contributed by atoms with Crippen LogP contribution in [0.25, 0.3) is 16.9 Å². The number of aryl methyl sites for hydroxylation is 1. The molecule has 0 saturated carbocycles. The van der Waals surface area contributed by atoms with Crippen molar-refractivity contribution in [2.75, 3.05) is 47.8 Å². The number of aromatic nitrogens is 5. The Morgan fingerprint density at radius 1 is 0.857 bits per heavy atom. The first-order valence-electron chi connectivity index (χ1n) is 22.3. The highest BCUT2D eigenvalue weighted by atomic mass is 16.7. The van der Waals surface area contributed by atoms with E-state index in [9.17, 15) is 29.7 Å². The van der Waals surface area contributed by atoms with Crippen molar-refractivity contribution in [1.29, 1.82) is 0 Å². The van der Waals surface area contributed by atoms with E-state index in [1.165, 1.54) is 10.5 Å². The number of piperidine rings is 3. The number of fused-ring (bicyclic) bond motifs is 2. The molecule has 0 radical (unpaired) electrons. The van der Waals surface area contributed by atoms with Gasteiger partial charge in [0.15, 0.2) is 11.5 Å². The molecule has 4 aliphatic rings. The van der Waals surface area contributed by atoms with E-state index in [1.54, 1.807) is 21.6 Å². The standard InChI is InChI=1S/C47H56N10O6/c1-3-23-56-45(60)39-28-48-46(52-43(39)57(56)40-17-9-33-6-5-31(4-2)42(33)50-40)49-34-10-14-36(15-11-34)53-24-19-30(20-25-53)29-55(47(61,62)63)37-21-26-54(27-22-37)35-12-7-32(8-13-35)38-16-18-41(58)51-44(38)59/h3,7-15,17,28,30-31,37-38,61-63H,1,4-6,16,18-27,29H2,2H3,(H,48,49,52)(H,51,58,59). The summed E-state index contributed by atoms with van der Waals surface area (Å²) in [7, 11) is 0. The maximum atomic E-state index is 13.5. The highest BCUT2D eigenvalue weighted by Crippen LogP contribution is 2.35. The number of benzene rings is 2. The summed E-state index contributed by atoms with van der Waals surface area (Å²) in [5.74, 6) is 0.751. The second-order valence-corrected chi connectivity index (χ2v) is 17.4. The van der Waals surface area contributed by atoms with Crippen LogP contribution in [0.2, 0.25) is 0 Å². The summed E-state index contributed by atoms with van der Waals surface area (Å²) in [4.78, 5) is 57.9. The Hall–Kier alpha value is -5.94. The molecule has 2 aromatic carbocycles. The lowest BCUT2D eigenvalue weighted by Gasteiger charge is -2.44. The fraction of sp³-hybridized carbons (Fsp3) is 0.447. The first-order chi connectivity index (χ1) is 30.5. The number of hydrogen-bond acceptors (Lipinski definition) is 13. The normalized spacial score (nSPS) is 20.1. The van der Waals surface area contributed by atoms with Crippen molar-refractivity contribution in [2.24, 2.45) is 5.92 Å². The summed E-state index contributed by atoms with van der Waals surface area (Å²) in [6.45, 7) is 9.63. The number of nitrogens with zero attached hydrogens (tertiary/aromatic N) is 8. The Balaban J connectivity index is 0.805. The molecule has 0 bridgehead atoms. The molecule has 2 atom stereocenters. The van der Waals surface area contributed by atoms with Gasteiger partial charge in [0.1, 0.15) is 5.39 Å². The zero-order valence-electron chi connectivity index (χ0n) is 35.7. The van der Waals surface area contributed by atoms with Crippen molar-refractivity contribution in [3.8, 4) is 5.82 Å². The van der Waals surface area contributed by atoms with Crippen molar-refractivity contribution >= 4 is 45.9 Å². The number of carbonyl (C=O) groups excluding carboxylic acids is 2. The van der Waals surface area contributed by atoms with Crippen LogP contribution >= 0.6 is 0 Å². The molecule has 16 heteroatoms. The average molecular weight is 857 g/mol. The van der Waals surface area contributed by atoms with Crippen molar-refractivity contribution < 1.29 is 24.9 Å². The van der Waals surface area contributed by atoms with E-state index in [4.69, 9.17) is 9.97 Å². The number of carbonyl (C=O) groups is 2. The zero-order valence-corrected chi connectivity index (χ0v) is 35.7. The Bertz CT molecular complexity index is 2530. The maximum Gasteiger partial charge on any atom is 0.346 e. The van der Waals surface area contributed by atoms with E-state index >= 15 is 0 Å². The van der Waals surface area contributed by atoms with Crippen LogP contribution in [0.3, 0.4) is 0 Å². The molecular weight excluding hydrogens is 801 g/mol. The lowest BCUT2D eigenvalue weighted by Crippen LogP contribution is -2.58. The van der Waals surface area contributed by atoms with Gasteiger partial charge in [-0.2, -0.15) is 4.98 Å². The molecule has 1 aliphatic carbocycles. The van der Waals surface area contributed by atoms with Crippen molar-refractivity contribution in [3.63, 3.8) is 0 Å². The van der Waals surface area contributed by atoms with Crippen LogP contribution in [0.5, 0.6) is 0 Å². The van der Waals surface area contributed by atoms with Crippen LogP contribution in [0.15, 0.2) is 84.3 Å². The van der Waals surface area contributed by atoms with E-state index in [0.29, 0.717) is 80.6 Å². The highest BCUT2D eigenvalue weighted by molar-refractivity contribution is 6.01. The first kappa shape index (κ1) is 42.4.